The summed E-state index contributed by atoms with van der Waals surface area (Å²) < 4.78 is 2.38. The Labute approximate surface area is 296 Å². The van der Waals surface area contributed by atoms with Gasteiger partial charge in [-0.05, 0) is 80.2 Å². The first kappa shape index (κ1) is 29.2. The molecule has 0 amide bonds. The zero-order chi connectivity index (χ0) is 33.7. The van der Waals surface area contributed by atoms with E-state index in [0.29, 0.717) is 0 Å². The van der Waals surface area contributed by atoms with Crippen molar-refractivity contribution in [1.82, 2.24) is 9.55 Å². The molecule has 2 heterocycles. The molecular formula is C49H32N2. The van der Waals surface area contributed by atoms with Gasteiger partial charge in [-0.1, -0.05) is 158 Å². The van der Waals surface area contributed by atoms with Crippen molar-refractivity contribution in [1.29, 1.82) is 0 Å². The highest BCUT2D eigenvalue weighted by molar-refractivity contribution is 6.21. The third-order valence-corrected chi connectivity index (χ3v) is 10.2. The largest absolute Gasteiger partial charge is 0.309 e. The predicted molar refractivity (Wildman–Crippen MR) is 215 cm³/mol. The quantitative estimate of drug-likeness (QED) is 0.170. The van der Waals surface area contributed by atoms with Crippen LogP contribution in [0.2, 0.25) is 0 Å². The summed E-state index contributed by atoms with van der Waals surface area (Å²) in [6.07, 6.45) is 0. The van der Waals surface area contributed by atoms with E-state index in [1.54, 1.807) is 0 Å². The summed E-state index contributed by atoms with van der Waals surface area (Å²) >= 11 is 0. The second-order valence-corrected chi connectivity index (χ2v) is 13.1. The van der Waals surface area contributed by atoms with Crippen LogP contribution in [-0.4, -0.2) is 9.55 Å². The number of rotatable bonds is 5. The van der Waals surface area contributed by atoms with Gasteiger partial charge in [-0.3, -0.25) is 0 Å². The molecule has 10 aromatic rings. The summed E-state index contributed by atoms with van der Waals surface area (Å²) in [7, 11) is 0. The number of hydrogen-bond donors (Lipinski definition) is 0. The van der Waals surface area contributed by atoms with E-state index in [2.05, 4.69) is 199 Å². The third-order valence-electron chi connectivity index (χ3n) is 10.2. The van der Waals surface area contributed by atoms with Gasteiger partial charge in [-0.2, -0.15) is 0 Å². The van der Waals surface area contributed by atoms with E-state index in [-0.39, 0.29) is 0 Å². The Morgan fingerprint density at radius 3 is 1.12 bits per heavy atom. The molecule has 0 aliphatic heterocycles. The van der Waals surface area contributed by atoms with Crippen molar-refractivity contribution in [3.63, 3.8) is 0 Å². The van der Waals surface area contributed by atoms with Crippen molar-refractivity contribution in [3.05, 3.63) is 194 Å². The molecule has 51 heavy (non-hydrogen) atoms. The van der Waals surface area contributed by atoms with E-state index < -0.39 is 0 Å². The van der Waals surface area contributed by atoms with Gasteiger partial charge < -0.3 is 4.57 Å². The topological polar surface area (TPSA) is 17.8 Å². The SMILES string of the molecule is c1ccc(-c2cc(-c3c4ccccc4c(-c4ccc(-n5c6ccccc6c6ccccc65)cc4)c4ccccc34)cc(-c3ccccc3)n2)cc1. The van der Waals surface area contributed by atoms with E-state index in [0.717, 1.165) is 33.8 Å². The third kappa shape index (κ3) is 4.84. The Balaban J connectivity index is 1.20. The molecule has 0 bridgehead atoms. The second-order valence-electron chi connectivity index (χ2n) is 13.1. The van der Waals surface area contributed by atoms with E-state index in [9.17, 15) is 0 Å². The molecule has 0 fully saturated rings. The van der Waals surface area contributed by atoms with E-state index in [1.165, 1.54) is 60.0 Å². The molecule has 0 N–H and O–H groups in total. The highest BCUT2D eigenvalue weighted by Crippen LogP contribution is 2.45. The van der Waals surface area contributed by atoms with Gasteiger partial charge in [0.25, 0.3) is 0 Å². The zero-order valence-electron chi connectivity index (χ0n) is 27.9. The molecule has 0 radical (unpaired) electrons. The lowest BCUT2D eigenvalue weighted by atomic mass is 9.85. The molecular weight excluding hydrogens is 617 g/mol. The molecule has 2 heteroatoms. The van der Waals surface area contributed by atoms with Crippen molar-refractivity contribution < 1.29 is 0 Å². The van der Waals surface area contributed by atoms with Crippen LogP contribution < -0.4 is 0 Å². The van der Waals surface area contributed by atoms with Crippen molar-refractivity contribution in [3.8, 4) is 50.5 Å². The summed E-state index contributed by atoms with van der Waals surface area (Å²) in [5.74, 6) is 0. The van der Waals surface area contributed by atoms with E-state index in [1.807, 2.05) is 0 Å². The smallest absolute Gasteiger partial charge is 0.0715 e. The molecule has 0 aliphatic carbocycles. The molecule has 2 aromatic heterocycles. The van der Waals surface area contributed by atoms with E-state index >= 15 is 0 Å². The maximum Gasteiger partial charge on any atom is 0.0715 e. The minimum absolute atomic E-state index is 0.963. The van der Waals surface area contributed by atoms with Gasteiger partial charge in [0.1, 0.15) is 0 Å². The van der Waals surface area contributed by atoms with Crippen LogP contribution in [0.5, 0.6) is 0 Å². The number of nitrogens with zero attached hydrogens (tertiary/aromatic N) is 2. The average molecular weight is 649 g/mol. The van der Waals surface area contributed by atoms with Crippen LogP contribution in [-0.2, 0) is 0 Å². The molecule has 0 unspecified atom stereocenters. The van der Waals surface area contributed by atoms with Gasteiger partial charge in [-0.15, -0.1) is 0 Å². The summed E-state index contributed by atoms with van der Waals surface area (Å²) in [5, 5.41) is 7.45. The fourth-order valence-electron chi connectivity index (χ4n) is 7.92. The normalized spacial score (nSPS) is 11.5. The monoisotopic (exact) mass is 648 g/mol. The Morgan fingerprint density at radius 1 is 0.294 bits per heavy atom. The van der Waals surface area contributed by atoms with Gasteiger partial charge in [0.05, 0.1) is 22.4 Å². The fourth-order valence-corrected chi connectivity index (χ4v) is 7.92. The fraction of sp³-hybridized carbons (Fsp3) is 0. The molecule has 10 rings (SSSR count). The van der Waals surface area contributed by atoms with Crippen LogP contribution >= 0.6 is 0 Å². The van der Waals surface area contributed by atoms with Gasteiger partial charge in [0.2, 0.25) is 0 Å². The molecule has 0 atom stereocenters. The van der Waals surface area contributed by atoms with Crippen LogP contribution in [0.1, 0.15) is 0 Å². The Morgan fingerprint density at radius 2 is 0.667 bits per heavy atom. The highest BCUT2D eigenvalue weighted by Gasteiger charge is 2.19. The molecule has 0 saturated carbocycles. The molecule has 0 aliphatic rings. The molecule has 8 aromatic carbocycles. The zero-order valence-corrected chi connectivity index (χ0v) is 27.9. The highest BCUT2D eigenvalue weighted by atomic mass is 15.0. The standard InChI is InChI=1S/C49H32N2/c1-3-15-33(16-4-1)44-31-36(32-45(50-44)34-17-5-2-6-18-34)49-42-23-9-7-21-40(42)48(41-22-8-10-24-43(41)49)35-27-29-37(30-28-35)51-46-25-13-11-19-38(46)39-20-12-14-26-47(39)51/h1-32H. The second kappa shape index (κ2) is 12.0. The molecule has 2 nitrogen and oxygen atoms in total. The van der Waals surface area contributed by atoms with Crippen LogP contribution in [0.3, 0.4) is 0 Å². The minimum atomic E-state index is 0.963. The van der Waals surface area contributed by atoms with Crippen LogP contribution in [0.4, 0.5) is 0 Å². The first-order valence-electron chi connectivity index (χ1n) is 17.5. The molecule has 238 valence electrons. The van der Waals surface area contributed by atoms with Crippen molar-refractivity contribution in [2.75, 3.05) is 0 Å². The van der Waals surface area contributed by atoms with Crippen LogP contribution in [0, 0.1) is 0 Å². The number of aromatic nitrogens is 2. The molecule has 0 saturated heterocycles. The Kier molecular flexibility index (Phi) is 6.85. The number of pyridine rings is 1. The maximum atomic E-state index is 5.19. The lowest BCUT2D eigenvalue weighted by Crippen LogP contribution is -1.95. The maximum absolute atomic E-state index is 5.19. The van der Waals surface area contributed by atoms with Crippen molar-refractivity contribution >= 4 is 43.4 Å². The first-order chi connectivity index (χ1) is 25.3. The average Bonchev–Trinajstić information content (AvgIpc) is 3.55. The summed E-state index contributed by atoms with van der Waals surface area (Å²) in [6.45, 7) is 0. The Bertz CT molecular complexity index is 2720. The van der Waals surface area contributed by atoms with E-state index in [4.69, 9.17) is 4.98 Å². The minimum Gasteiger partial charge on any atom is -0.309 e. The number of fused-ring (bicyclic) bond motifs is 5. The number of para-hydroxylation sites is 2. The van der Waals surface area contributed by atoms with Crippen molar-refractivity contribution in [2.24, 2.45) is 0 Å². The summed E-state index contributed by atoms with van der Waals surface area (Å²) in [6, 6.07) is 69.8. The van der Waals surface area contributed by atoms with Gasteiger partial charge in [-0.25, -0.2) is 4.98 Å². The lowest BCUT2D eigenvalue weighted by Gasteiger charge is -2.19. The molecule has 0 spiro atoms. The Hall–Kier alpha value is -6.77. The van der Waals surface area contributed by atoms with Crippen molar-refractivity contribution in [2.45, 2.75) is 0 Å². The van der Waals surface area contributed by atoms with Gasteiger partial charge in [0.15, 0.2) is 0 Å². The lowest BCUT2D eigenvalue weighted by molar-refractivity contribution is 1.18. The predicted octanol–water partition coefficient (Wildman–Crippen LogP) is 13.2. The van der Waals surface area contributed by atoms with Gasteiger partial charge >= 0.3 is 0 Å². The number of benzene rings is 8. The van der Waals surface area contributed by atoms with Crippen LogP contribution in [0.15, 0.2) is 194 Å². The number of hydrogen-bond acceptors (Lipinski definition) is 1. The summed E-state index contributed by atoms with van der Waals surface area (Å²) in [5.41, 5.74) is 12.5. The summed E-state index contributed by atoms with van der Waals surface area (Å²) in [4.78, 5) is 5.19. The van der Waals surface area contributed by atoms with Gasteiger partial charge in [0, 0.05) is 27.6 Å². The first-order valence-corrected chi connectivity index (χ1v) is 17.5. The van der Waals surface area contributed by atoms with Crippen LogP contribution in [0.25, 0.3) is 93.8 Å².